The molecule has 2 amide bonds. The van der Waals surface area contributed by atoms with E-state index in [1.807, 2.05) is 20.8 Å². The minimum atomic E-state index is -0.878. The number of pyridine rings is 1. The van der Waals surface area contributed by atoms with Crippen molar-refractivity contribution in [3.63, 3.8) is 0 Å². The van der Waals surface area contributed by atoms with E-state index in [2.05, 4.69) is 10.3 Å². The van der Waals surface area contributed by atoms with Crippen molar-refractivity contribution in [3.8, 4) is 0 Å². The Balaban J connectivity index is 1.84. The lowest BCUT2D eigenvalue weighted by atomic mass is 9.90. The first-order valence-corrected chi connectivity index (χ1v) is 10.8. The van der Waals surface area contributed by atoms with E-state index >= 15 is 0 Å². The van der Waals surface area contributed by atoms with Gasteiger partial charge in [-0.1, -0.05) is 20.8 Å². The van der Waals surface area contributed by atoms with Crippen LogP contribution in [0, 0.1) is 17.3 Å². The van der Waals surface area contributed by atoms with Crippen LogP contribution in [-0.4, -0.2) is 46.4 Å². The Kier molecular flexibility index (Phi) is 7.78. The van der Waals surface area contributed by atoms with Crippen LogP contribution in [0.15, 0.2) is 12.1 Å². The summed E-state index contributed by atoms with van der Waals surface area (Å²) in [6.45, 7) is 11.9. The molecule has 1 fully saturated rings. The van der Waals surface area contributed by atoms with Gasteiger partial charge in [0.05, 0.1) is 5.56 Å². The standard InChI is InChI=1S/C23H34FN3O4/c1-22(2,3)20(29)26-18-10-8-16(19(24)25-18)17(28)9-7-15-11-13-27(14-12-15)21(30)31-23(4,5)6/h8,10,15H,7,9,11-14H2,1-6H3,(H,25,26,29). The van der Waals surface area contributed by atoms with E-state index in [9.17, 15) is 18.8 Å². The summed E-state index contributed by atoms with van der Waals surface area (Å²) in [7, 11) is 0. The molecule has 7 nitrogen and oxygen atoms in total. The molecule has 0 saturated carbocycles. The zero-order chi connectivity index (χ0) is 23.4. The molecule has 0 atom stereocenters. The number of ketones is 1. The second-order valence-electron chi connectivity index (χ2n) is 10.1. The fourth-order valence-electron chi connectivity index (χ4n) is 3.22. The van der Waals surface area contributed by atoms with E-state index in [1.165, 1.54) is 12.1 Å². The molecular weight excluding hydrogens is 401 g/mol. The van der Waals surface area contributed by atoms with Crippen molar-refractivity contribution in [2.24, 2.45) is 11.3 Å². The maximum atomic E-state index is 14.3. The first-order valence-electron chi connectivity index (χ1n) is 10.8. The predicted octanol–water partition coefficient (Wildman–Crippen LogP) is 4.82. The number of nitrogens with zero attached hydrogens (tertiary/aromatic N) is 2. The van der Waals surface area contributed by atoms with Crippen molar-refractivity contribution < 1.29 is 23.5 Å². The first-order chi connectivity index (χ1) is 14.3. The molecule has 0 spiro atoms. The highest BCUT2D eigenvalue weighted by Gasteiger charge is 2.27. The van der Waals surface area contributed by atoms with Crippen LogP contribution in [0.2, 0.25) is 0 Å². The molecule has 172 valence electrons. The van der Waals surface area contributed by atoms with Gasteiger partial charge in [0.25, 0.3) is 0 Å². The van der Waals surface area contributed by atoms with Crippen LogP contribution < -0.4 is 5.32 Å². The molecule has 31 heavy (non-hydrogen) atoms. The van der Waals surface area contributed by atoms with Gasteiger partial charge >= 0.3 is 6.09 Å². The van der Waals surface area contributed by atoms with E-state index in [4.69, 9.17) is 4.74 Å². The molecule has 1 aliphatic heterocycles. The van der Waals surface area contributed by atoms with E-state index in [0.29, 0.717) is 25.4 Å². The van der Waals surface area contributed by atoms with Gasteiger partial charge in [0.1, 0.15) is 11.4 Å². The zero-order valence-electron chi connectivity index (χ0n) is 19.4. The predicted molar refractivity (Wildman–Crippen MR) is 116 cm³/mol. The molecule has 0 radical (unpaired) electrons. The number of piperidine rings is 1. The van der Waals surface area contributed by atoms with E-state index < -0.39 is 17.0 Å². The van der Waals surface area contributed by atoms with Crippen LogP contribution in [0.5, 0.6) is 0 Å². The molecule has 1 aromatic heterocycles. The number of hydrogen-bond donors (Lipinski definition) is 1. The van der Waals surface area contributed by atoms with Gasteiger partial charge in [-0.25, -0.2) is 9.78 Å². The number of halogens is 1. The molecule has 0 unspecified atom stereocenters. The smallest absolute Gasteiger partial charge is 0.410 e. The van der Waals surface area contributed by atoms with Gasteiger partial charge in [0.2, 0.25) is 11.9 Å². The second-order valence-corrected chi connectivity index (χ2v) is 10.1. The van der Waals surface area contributed by atoms with Crippen molar-refractivity contribution in [2.45, 2.75) is 72.8 Å². The van der Waals surface area contributed by atoms with Crippen LogP contribution >= 0.6 is 0 Å². The molecular formula is C23H34FN3O4. The first kappa shape index (κ1) is 24.8. The third-order valence-electron chi connectivity index (χ3n) is 5.12. The van der Waals surface area contributed by atoms with Gasteiger partial charge in [0.15, 0.2) is 5.78 Å². The molecule has 0 bridgehead atoms. The molecule has 2 heterocycles. The number of rotatable bonds is 5. The molecule has 8 heteroatoms. The van der Waals surface area contributed by atoms with Crippen LogP contribution in [0.3, 0.4) is 0 Å². The number of anilines is 1. The van der Waals surface area contributed by atoms with Gasteiger partial charge in [-0.3, -0.25) is 9.59 Å². The average Bonchev–Trinajstić information content (AvgIpc) is 2.64. The Morgan fingerprint density at radius 3 is 2.26 bits per heavy atom. The largest absolute Gasteiger partial charge is 0.444 e. The Labute approximate surface area is 183 Å². The zero-order valence-corrected chi connectivity index (χ0v) is 19.4. The minimum absolute atomic E-state index is 0.0695. The fraction of sp³-hybridized carbons (Fsp3) is 0.652. The molecule has 0 aliphatic carbocycles. The normalized spacial score (nSPS) is 15.5. The molecule has 0 aromatic carbocycles. The Hall–Kier alpha value is -2.51. The highest BCUT2D eigenvalue weighted by atomic mass is 19.1. The number of Topliss-reactive ketones (excluding diaryl/α,β-unsaturated/α-hetero) is 1. The van der Waals surface area contributed by atoms with Crippen molar-refractivity contribution >= 4 is 23.6 Å². The number of carbonyl (C=O) groups excluding carboxylic acids is 3. The molecule has 1 aromatic rings. The van der Waals surface area contributed by atoms with E-state index in [0.717, 1.165) is 12.8 Å². The number of amides is 2. The number of carbonyl (C=O) groups is 3. The van der Waals surface area contributed by atoms with Crippen molar-refractivity contribution in [2.75, 3.05) is 18.4 Å². The summed E-state index contributed by atoms with van der Waals surface area (Å²) in [6, 6.07) is 2.81. The van der Waals surface area contributed by atoms with Gasteiger partial charge in [0, 0.05) is 24.9 Å². The molecule has 1 N–H and O–H groups in total. The maximum absolute atomic E-state index is 14.3. The summed E-state index contributed by atoms with van der Waals surface area (Å²) in [5, 5.41) is 2.56. The number of aromatic nitrogens is 1. The average molecular weight is 436 g/mol. The quantitative estimate of drug-likeness (QED) is 0.529. The summed E-state index contributed by atoms with van der Waals surface area (Å²) >= 11 is 0. The summed E-state index contributed by atoms with van der Waals surface area (Å²) in [4.78, 5) is 42.0. The lowest BCUT2D eigenvalue weighted by molar-refractivity contribution is -0.123. The second kappa shape index (κ2) is 9.75. The summed E-state index contributed by atoms with van der Waals surface area (Å²) < 4.78 is 19.7. The van der Waals surface area contributed by atoms with Crippen molar-refractivity contribution in [1.82, 2.24) is 9.88 Å². The SMILES string of the molecule is CC(C)(C)OC(=O)N1CCC(CCC(=O)c2ccc(NC(=O)C(C)(C)C)nc2F)CC1. The highest BCUT2D eigenvalue weighted by molar-refractivity contribution is 5.97. The monoisotopic (exact) mass is 435 g/mol. The number of ether oxygens (including phenoxy) is 1. The topological polar surface area (TPSA) is 88.6 Å². The van der Waals surface area contributed by atoms with Crippen molar-refractivity contribution in [3.05, 3.63) is 23.6 Å². The van der Waals surface area contributed by atoms with Crippen LogP contribution in [0.1, 0.15) is 77.6 Å². The third-order valence-corrected chi connectivity index (χ3v) is 5.12. The fourth-order valence-corrected chi connectivity index (χ4v) is 3.22. The highest BCUT2D eigenvalue weighted by Crippen LogP contribution is 2.25. The van der Waals surface area contributed by atoms with Crippen LogP contribution in [0.4, 0.5) is 15.0 Å². The van der Waals surface area contributed by atoms with Crippen LogP contribution in [-0.2, 0) is 9.53 Å². The summed E-state index contributed by atoms with van der Waals surface area (Å²) in [5.41, 5.74) is -1.23. The molecule has 1 saturated heterocycles. The maximum Gasteiger partial charge on any atom is 0.410 e. The Bertz CT molecular complexity index is 819. The molecule has 2 rings (SSSR count). The van der Waals surface area contributed by atoms with Crippen molar-refractivity contribution in [1.29, 1.82) is 0 Å². The number of likely N-dealkylation sites (tertiary alicyclic amines) is 1. The Morgan fingerprint density at radius 1 is 1.13 bits per heavy atom. The van der Waals surface area contributed by atoms with Gasteiger partial charge in [-0.05, 0) is 58.1 Å². The van der Waals surface area contributed by atoms with E-state index in [-0.39, 0.29) is 35.6 Å². The third kappa shape index (κ3) is 7.60. The lowest BCUT2D eigenvalue weighted by Crippen LogP contribution is -2.41. The van der Waals surface area contributed by atoms with E-state index in [1.54, 1.807) is 25.7 Å². The van der Waals surface area contributed by atoms with Crippen LogP contribution in [0.25, 0.3) is 0 Å². The minimum Gasteiger partial charge on any atom is -0.444 e. The lowest BCUT2D eigenvalue weighted by Gasteiger charge is -2.33. The van der Waals surface area contributed by atoms with Gasteiger partial charge in [-0.2, -0.15) is 4.39 Å². The molecule has 1 aliphatic rings. The summed E-state index contributed by atoms with van der Waals surface area (Å²) in [5.74, 6) is -1.09. The van der Waals surface area contributed by atoms with Gasteiger partial charge in [-0.15, -0.1) is 0 Å². The summed E-state index contributed by atoms with van der Waals surface area (Å²) in [6.07, 6.45) is 2.09. The van der Waals surface area contributed by atoms with Gasteiger partial charge < -0.3 is 15.0 Å². The number of hydrogen-bond acceptors (Lipinski definition) is 5. The Morgan fingerprint density at radius 2 is 1.74 bits per heavy atom. The number of nitrogens with one attached hydrogen (secondary N) is 1.